The Morgan fingerprint density at radius 1 is 1.14 bits per heavy atom. The molecule has 0 radical (unpaired) electrons. The van der Waals surface area contributed by atoms with Gasteiger partial charge in [-0.1, -0.05) is 32.0 Å². The van der Waals surface area contributed by atoms with Crippen LogP contribution in [0, 0.1) is 0 Å². The monoisotopic (exact) mass is 288 g/mol. The number of piperidine rings is 1. The molecule has 5 heteroatoms. The van der Waals surface area contributed by atoms with Crippen LogP contribution in [0.5, 0.6) is 0 Å². The lowest BCUT2D eigenvalue weighted by molar-refractivity contribution is -0.142. The van der Waals surface area contributed by atoms with Gasteiger partial charge in [-0.25, -0.2) is 0 Å². The minimum absolute atomic E-state index is 0.136. The molecule has 3 rings (SSSR count). The van der Waals surface area contributed by atoms with Crippen molar-refractivity contribution in [1.29, 1.82) is 0 Å². The number of nitrogens with one attached hydrogen (secondary N) is 1. The van der Waals surface area contributed by atoms with Crippen molar-refractivity contribution in [2.24, 2.45) is 0 Å². The zero-order valence-electron chi connectivity index (χ0n) is 12.6. The van der Waals surface area contributed by atoms with Crippen LogP contribution >= 0.6 is 0 Å². The van der Waals surface area contributed by atoms with Gasteiger partial charge in [0.15, 0.2) is 0 Å². The predicted molar refractivity (Wildman–Crippen MR) is 78.5 cm³/mol. The molecule has 0 bridgehead atoms. The van der Waals surface area contributed by atoms with Gasteiger partial charge in [-0.05, 0) is 25.0 Å². The summed E-state index contributed by atoms with van der Waals surface area (Å²) in [4.78, 5) is 37.3. The number of benzene rings is 1. The summed E-state index contributed by atoms with van der Waals surface area (Å²) < 4.78 is 0. The van der Waals surface area contributed by atoms with Crippen LogP contribution in [0.3, 0.4) is 0 Å². The van der Waals surface area contributed by atoms with Gasteiger partial charge in [0.25, 0.3) is 11.8 Å². The van der Waals surface area contributed by atoms with Gasteiger partial charge in [-0.3, -0.25) is 19.7 Å². The van der Waals surface area contributed by atoms with Crippen molar-refractivity contribution in [3.63, 3.8) is 0 Å². The van der Waals surface area contributed by atoms with Gasteiger partial charge < -0.3 is 4.90 Å². The molecule has 21 heavy (non-hydrogen) atoms. The molecule has 1 unspecified atom stereocenters. The van der Waals surface area contributed by atoms with Crippen molar-refractivity contribution in [2.75, 3.05) is 0 Å². The van der Waals surface area contributed by atoms with E-state index in [9.17, 15) is 14.4 Å². The second-order valence-electron chi connectivity index (χ2n) is 5.20. The van der Waals surface area contributed by atoms with E-state index in [0.29, 0.717) is 18.5 Å². The molecule has 0 spiro atoms. The third-order valence-electron chi connectivity index (χ3n) is 4.00. The molecule has 1 saturated heterocycles. The topological polar surface area (TPSA) is 66.5 Å². The van der Waals surface area contributed by atoms with Gasteiger partial charge in [0.1, 0.15) is 5.54 Å². The van der Waals surface area contributed by atoms with Crippen molar-refractivity contribution >= 4 is 17.7 Å². The Morgan fingerprint density at radius 3 is 2.43 bits per heavy atom. The first-order valence-electron chi connectivity index (χ1n) is 7.26. The van der Waals surface area contributed by atoms with Crippen molar-refractivity contribution in [2.45, 2.75) is 45.7 Å². The predicted octanol–water partition coefficient (Wildman–Crippen LogP) is 1.86. The highest BCUT2D eigenvalue weighted by Gasteiger charge is 2.48. The molecule has 1 aromatic carbocycles. The summed E-state index contributed by atoms with van der Waals surface area (Å²) in [7, 11) is 0. The number of hydrogen-bond acceptors (Lipinski definition) is 3. The van der Waals surface area contributed by atoms with Crippen LogP contribution in [0.1, 0.15) is 49.5 Å². The van der Waals surface area contributed by atoms with Crippen LogP contribution in [-0.2, 0) is 16.1 Å². The standard InChI is InChI=1S/C14H14N2O3.C2H6/c1-14(7-6-11(17)15-13(14)19)16-8-9-4-2-3-5-10(9)12(16)18;1-2/h2-5H,6-8H2,1H3,(H,15,17,19);1-2H3. The first-order chi connectivity index (χ1) is 10.0. The van der Waals surface area contributed by atoms with Crippen LogP contribution < -0.4 is 5.32 Å². The fraction of sp³-hybridized carbons (Fsp3) is 0.438. The average molecular weight is 288 g/mol. The van der Waals surface area contributed by atoms with E-state index < -0.39 is 5.54 Å². The molecule has 0 aromatic heterocycles. The Morgan fingerprint density at radius 2 is 1.81 bits per heavy atom. The molecule has 1 N–H and O–H groups in total. The Hall–Kier alpha value is -2.17. The van der Waals surface area contributed by atoms with Gasteiger partial charge in [0.2, 0.25) is 5.91 Å². The first kappa shape index (κ1) is 15.2. The lowest BCUT2D eigenvalue weighted by atomic mass is 9.89. The van der Waals surface area contributed by atoms with E-state index in [1.807, 2.05) is 32.0 Å². The van der Waals surface area contributed by atoms with E-state index in [4.69, 9.17) is 0 Å². The first-order valence-corrected chi connectivity index (χ1v) is 7.26. The lowest BCUT2D eigenvalue weighted by Gasteiger charge is -2.39. The number of carbonyl (C=O) groups excluding carboxylic acids is 3. The molecule has 0 aliphatic carbocycles. The average Bonchev–Trinajstić information content (AvgIpc) is 2.84. The third kappa shape index (κ3) is 2.44. The summed E-state index contributed by atoms with van der Waals surface area (Å²) in [5.74, 6) is -0.792. The molecule has 2 heterocycles. The summed E-state index contributed by atoms with van der Waals surface area (Å²) in [6, 6.07) is 7.35. The van der Waals surface area contributed by atoms with Crippen molar-refractivity contribution in [3.05, 3.63) is 35.4 Å². The largest absolute Gasteiger partial charge is 0.320 e. The number of nitrogens with zero attached hydrogens (tertiary/aromatic N) is 1. The molecule has 2 aliphatic rings. The molecule has 112 valence electrons. The van der Waals surface area contributed by atoms with E-state index in [1.54, 1.807) is 17.9 Å². The van der Waals surface area contributed by atoms with Gasteiger partial charge >= 0.3 is 0 Å². The zero-order chi connectivity index (χ0) is 15.6. The van der Waals surface area contributed by atoms with E-state index in [-0.39, 0.29) is 24.1 Å². The van der Waals surface area contributed by atoms with Crippen molar-refractivity contribution in [3.8, 4) is 0 Å². The SMILES string of the molecule is CC.CC1(N2Cc3ccccc3C2=O)CCC(=O)NC1=O. The minimum Gasteiger partial charge on any atom is -0.320 e. The highest BCUT2D eigenvalue weighted by molar-refractivity contribution is 6.07. The number of fused-ring (bicyclic) bond motifs is 1. The number of carbonyl (C=O) groups is 3. The van der Waals surface area contributed by atoms with Gasteiger partial charge in [-0.15, -0.1) is 0 Å². The van der Waals surface area contributed by atoms with E-state index >= 15 is 0 Å². The maximum Gasteiger partial charge on any atom is 0.255 e. The summed E-state index contributed by atoms with van der Waals surface area (Å²) >= 11 is 0. The summed E-state index contributed by atoms with van der Waals surface area (Å²) in [6.07, 6.45) is 0.639. The van der Waals surface area contributed by atoms with Crippen LogP contribution in [0.2, 0.25) is 0 Å². The number of rotatable bonds is 1. The Balaban J connectivity index is 0.000000774. The van der Waals surface area contributed by atoms with Crippen LogP contribution in [-0.4, -0.2) is 28.2 Å². The highest BCUT2D eigenvalue weighted by Crippen LogP contribution is 2.33. The Kier molecular flexibility index (Phi) is 4.11. The lowest BCUT2D eigenvalue weighted by Crippen LogP contribution is -2.61. The smallest absolute Gasteiger partial charge is 0.255 e. The normalized spacial score (nSPS) is 24.1. The van der Waals surface area contributed by atoms with Crippen LogP contribution in [0.25, 0.3) is 0 Å². The van der Waals surface area contributed by atoms with Gasteiger partial charge in [-0.2, -0.15) is 0 Å². The highest BCUT2D eigenvalue weighted by atomic mass is 16.2. The fourth-order valence-electron chi connectivity index (χ4n) is 2.70. The second kappa shape index (κ2) is 5.68. The molecule has 5 nitrogen and oxygen atoms in total. The summed E-state index contributed by atoms with van der Waals surface area (Å²) in [5.41, 5.74) is 0.635. The fourth-order valence-corrected chi connectivity index (χ4v) is 2.70. The minimum atomic E-state index is -0.940. The van der Waals surface area contributed by atoms with E-state index in [2.05, 4.69) is 5.32 Å². The molecular formula is C16H20N2O3. The maximum atomic E-state index is 12.4. The third-order valence-corrected chi connectivity index (χ3v) is 4.00. The van der Waals surface area contributed by atoms with Gasteiger partial charge in [0, 0.05) is 18.5 Å². The number of hydrogen-bond donors (Lipinski definition) is 1. The van der Waals surface area contributed by atoms with Crippen molar-refractivity contribution < 1.29 is 14.4 Å². The molecule has 1 atom stereocenters. The van der Waals surface area contributed by atoms with E-state index in [1.165, 1.54) is 0 Å². The number of imide groups is 1. The van der Waals surface area contributed by atoms with E-state index in [0.717, 1.165) is 5.56 Å². The summed E-state index contributed by atoms with van der Waals surface area (Å²) in [5, 5.41) is 2.32. The molecule has 2 aliphatic heterocycles. The van der Waals surface area contributed by atoms with Crippen LogP contribution in [0.4, 0.5) is 0 Å². The molecule has 1 fully saturated rings. The Labute approximate surface area is 124 Å². The second-order valence-corrected chi connectivity index (χ2v) is 5.20. The molecular weight excluding hydrogens is 268 g/mol. The Bertz CT molecular complexity index is 597. The number of amides is 3. The molecule has 0 saturated carbocycles. The zero-order valence-corrected chi connectivity index (χ0v) is 12.6. The summed E-state index contributed by atoms with van der Waals surface area (Å²) in [6.45, 7) is 6.14. The van der Waals surface area contributed by atoms with Gasteiger partial charge in [0.05, 0.1) is 0 Å². The molecule has 1 aromatic rings. The maximum absolute atomic E-state index is 12.4. The van der Waals surface area contributed by atoms with Crippen molar-refractivity contribution in [1.82, 2.24) is 10.2 Å². The van der Waals surface area contributed by atoms with Crippen LogP contribution in [0.15, 0.2) is 24.3 Å². The molecule has 3 amide bonds. The quantitative estimate of drug-likeness (QED) is 0.802.